The van der Waals surface area contributed by atoms with Gasteiger partial charge >= 0.3 is 0 Å². The molecule has 0 fully saturated rings. The summed E-state index contributed by atoms with van der Waals surface area (Å²) in [4.78, 5) is 11.8. The second kappa shape index (κ2) is 6.31. The number of carbonyl (C=O) groups is 1. The number of hydrogen-bond acceptors (Lipinski definition) is 3. The number of aryl methyl sites for hydroxylation is 1. The molecule has 0 spiro atoms. The van der Waals surface area contributed by atoms with Crippen molar-refractivity contribution in [1.29, 1.82) is 0 Å². The predicted molar refractivity (Wildman–Crippen MR) is 84.1 cm³/mol. The molecule has 4 nitrogen and oxygen atoms in total. The number of benzene rings is 2. The van der Waals surface area contributed by atoms with Crippen LogP contribution in [0.4, 0.5) is 5.69 Å². The average Bonchev–Trinajstić information content (AvgIpc) is 2.47. The van der Waals surface area contributed by atoms with Gasteiger partial charge in [-0.15, -0.1) is 0 Å². The molecule has 1 amide bonds. The summed E-state index contributed by atoms with van der Waals surface area (Å²) in [5.74, 6) is -0.149. The number of amides is 1. The maximum absolute atomic E-state index is 11.8. The van der Waals surface area contributed by atoms with Crippen molar-refractivity contribution in [1.82, 2.24) is 0 Å². The quantitative estimate of drug-likeness (QED) is 0.763. The van der Waals surface area contributed by atoms with Crippen LogP contribution in [0.5, 0.6) is 5.75 Å². The third-order valence-electron chi connectivity index (χ3n) is 3.59. The van der Waals surface area contributed by atoms with Gasteiger partial charge in [0.15, 0.2) is 0 Å². The molecule has 21 heavy (non-hydrogen) atoms. The Morgan fingerprint density at radius 1 is 1.14 bits per heavy atom. The second-order valence-electron chi connectivity index (χ2n) is 5.35. The number of primary amides is 1. The van der Waals surface area contributed by atoms with E-state index in [-0.39, 0.29) is 11.7 Å². The minimum atomic E-state index is -0.820. The Hall–Kier alpha value is -2.49. The summed E-state index contributed by atoms with van der Waals surface area (Å²) in [6, 6.07) is 16.5. The minimum Gasteiger partial charge on any atom is -0.508 e. The fourth-order valence-electron chi connectivity index (χ4n) is 2.14. The van der Waals surface area contributed by atoms with Crippen molar-refractivity contribution < 1.29 is 9.90 Å². The van der Waals surface area contributed by atoms with Crippen LogP contribution in [0.1, 0.15) is 18.9 Å². The lowest BCUT2D eigenvalue weighted by molar-refractivity contribution is -0.122. The second-order valence-corrected chi connectivity index (χ2v) is 5.35. The molecule has 1 unspecified atom stereocenters. The van der Waals surface area contributed by atoms with Gasteiger partial charge in [-0.05, 0) is 49.6 Å². The summed E-state index contributed by atoms with van der Waals surface area (Å²) >= 11 is 0. The third kappa shape index (κ3) is 3.99. The summed E-state index contributed by atoms with van der Waals surface area (Å²) in [5, 5.41) is 12.5. The largest absolute Gasteiger partial charge is 0.508 e. The first-order valence-corrected chi connectivity index (χ1v) is 6.91. The Balaban J connectivity index is 2.07. The van der Waals surface area contributed by atoms with Crippen LogP contribution in [0.15, 0.2) is 54.6 Å². The third-order valence-corrected chi connectivity index (χ3v) is 3.59. The molecule has 0 aliphatic heterocycles. The van der Waals surface area contributed by atoms with Gasteiger partial charge in [-0.1, -0.05) is 30.3 Å². The molecule has 0 aliphatic rings. The van der Waals surface area contributed by atoms with Crippen LogP contribution in [-0.4, -0.2) is 16.6 Å². The molecule has 110 valence electrons. The average molecular weight is 284 g/mol. The maximum atomic E-state index is 11.8. The van der Waals surface area contributed by atoms with Crippen LogP contribution in [0.2, 0.25) is 0 Å². The zero-order chi connectivity index (χ0) is 15.3. The monoisotopic (exact) mass is 284 g/mol. The summed E-state index contributed by atoms with van der Waals surface area (Å²) in [7, 11) is 0. The Labute approximate surface area is 124 Å². The number of nitrogens with one attached hydrogen (secondary N) is 1. The lowest BCUT2D eigenvalue weighted by Crippen LogP contribution is -2.48. The van der Waals surface area contributed by atoms with Gasteiger partial charge in [-0.25, -0.2) is 0 Å². The summed E-state index contributed by atoms with van der Waals surface area (Å²) in [6.45, 7) is 1.81. The molecule has 2 aromatic rings. The van der Waals surface area contributed by atoms with E-state index in [1.165, 1.54) is 0 Å². The van der Waals surface area contributed by atoms with E-state index in [4.69, 9.17) is 5.73 Å². The molecule has 2 rings (SSSR count). The number of carbonyl (C=O) groups excluding carboxylic acids is 1. The lowest BCUT2D eigenvalue weighted by atomic mass is 9.92. The summed E-state index contributed by atoms with van der Waals surface area (Å²) in [6.07, 6.45) is 1.27. The van der Waals surface area contributed by atoms with E-state index in [2.05, 4.69) is 5.32 Å². The molecule has 0 heterocycles. The Kier molecular flexibility index (Phi) is 4.48. The van der Waals surface area contributed by atoms with Gasteiger partial charge in [0.2, 0.25) is 5.91 Å². The van der Waals surface area contributed by atoms with Crippen LogP contribution >= 0.6 is 0 Å². The number of para-hydroxylation sites is 1. The van der Waals surface area contributed by atoms with E-state index >= 15 is 0 Å². The molecule has 0 saturated carbocycles. The number of aromatic hydroxyl groups is 1. The van der Waals surface area contributed by atoms with Crippen molar-refractivity contribution in [3.63, 3.8) is 0 Å². The molecule has 0 saturated heterocycles. The van der Waals surface area contributed by atoms with Gasteiger partial charge < -0.3 is 16.2 Å². The number of phenolic OH excluding ortho intramolecular Hbond substituents is 1. The molecule has 0 radical (unpaired) electrons. The van der Waals surface area contributed by atoms with Gasteiger partial charge in [0.25, 0.3) is 0 Å². The zero-order valence-electron chi connectivity index (χ0n) is 12.0. The normalized spacial score (nSPS) is 13.4. The van der Waals surface area contributed by atoms with Crippen molar-refractivity contribution in [3.8, 4) is 5.75 Å². The molecule has 0 aliphatic carbocycles. The van der Waals surface area contributed by atoms with Crippen molar-refractivity contribution in [3.05, 3.63) is 60.2 Å². The molecule has 4 N–H and O–H groups in total. The van der Waals surface area contributed by atoms with Crippen molar-refractivity contribution in [2.75, 3.05) is 5.32 Å². The first kappa shape index (κ1) is 14.9. The minimum absolute atomic E-state index is 0.235. The lowest BCUT2D eigenvalue weighted by Gasteiger charge is -2.28. The van der Waals surface area contributed by atoms with Crippen molar-refractivity contribution >= 4 is 11.6 Å². The van der Waals surface area contributed by atoms with Crippen LogP contribution < -0.4 is 11.1 Å². The van der Waals surface area contributed by atoms with E-state index in [1.54, 1.807) is 12.1 Å². The Morgan fingerprint density at radius 2 is 1.76 bits per heavy atom. The van der Waals surface area contributed by atoms with Crippen LogP contribution in [0.3, 0.4) is 0 Å². The number of nitrogens with two attached hydrogens (primary N) is 1. The fraction of sp³-hybridized carbons (Fsp3) is 0.235. The van der Waals surface area contributed by atoms with E-state index in [9.17, 15) is 9.90 Å². The highest BCUT2D eigenvalue weighted by Crippen LogP contribution is 2.21. The molecular weight excluding hydrogens is 264 g/mol. The van der Waals surface area contributed by atoms with Crippen molar-refractivity contribution in [2.45, 2.75) is 25.3 Å². The number of hydrogen-bond donors (Lipinski definition) is 3. The highest BCUT2D eigenvalue weighted by molar-refractivity contribution is 5.87. The van der Waals surface area contributed by atoms with Crippen LogP contribution in [-0.2, 0) is 11.2 Å². The van der Waals surface area contributed by atoms with Gasteiger partial charge in [0.1, 0.15) is 11.3 Å². The van der Waals surface area contributed by atoms with Gasteiger partial charge in [0, 0.05) is 5.69 Å². The molecular formula is C17H20N2O2. The number of anilines is 1. The van der Waals surface area contributed by atoms with Crippen LogP contribution in [0.25, 0.3) is 0 Å². The number of phenols is 1. The van der Waals surface area contributed by atoms with E-state index in [1.807, 2.05) is 49.4 Å². The first-order valence-electron chi connectivity index (χ1n) is 6.91. The highest BCUT2D eigenvalue weighted by Gasteiger charge is 2.30. The Morgan fingerprint density at radius 3 is 2.33 bits per heavy atom. The maximum Gasteiger partial charge on any atom is 0.242 e. The SMILES string of the molecule is CC(CCc1ccc(O)cc1)(Nc1ccccc1)C(N)=O. The Bertz CT molecular complexity index is 596. The van der Waals surface area contributed by atoms with E-state index < -0.39 is 5.54 Å². The van der Waals surface area contributed by atoms with E-state index in [0.717, 1.165) is 11.3 Å². The van der Waals surface area contributed by atoms with Crippen LogP contribution in [0, 0.1) is 0 Å². The topological polar surface area (TPSA) is 75.3 Å². The van der Waals surface area contributed by atoms with E-state index in [0.29, 0.717) is 12.8 Å². The zero-order valence-corrected chi connectivity index (χ0v) is 12.0. The van der Waals surface area contributed by atoms with Gasteiger partial charge in [-0.2, -0.15) is 0 Å². The standard InChI is InChI=1S/C17H20N2O2/c1-17(16(18)21,19-14-5-3-2-4-6-14)12-11-13-7-9-15(20)10-8-13/h2-10,19-20H,11-12H2,1H3,(H2,18,21). The summed E-state index contributed by atoms with van der Waals surface area (Å²) in [5.41, 5.74) is 6.66. The smallest absolute Gasteiger partial charge is 0.242 e. The summed E-state index contributed by atoms with van der Waals surface area (Å²) < 4.78 is 0. The molecule has 1 atom stereocenters. The predicted octanol–water partition coefficient (Wildman–Crippen LogP) is 2.68. The highest BCUT2D eigenvalue weighted by atomic mass is 16.3. The fourth-order valence-corrected chi connectivity index (χ4v) is 2.14. The molecule has 0 bridgehead atoms. The molecule has 2 aromatic carbocycles. The van der Waals surface area contributed by atoms with Gasteiger partial charge in [0.05, 0.1) is 0 Å². The first-order chi connectivity index (χ1) is 9.99. The van der Waals surface area contributed by atoms with Crippen molar-refractivity contribution in [2.24, 2.45) is 5.73 Å². The van der Waals surface area contributed by atoms with Gasteiger partial charge in [-0.3, -0.25) is 4.79 Å². The molecule has 4 heteroatoms. The molecule has 0 aromatic heterocycles. The number of rotatable bonds is 6.